The van der Waals surface area contributed by atoms with Crippen LogP contribution >= 0.6 is 12.4 Å². The molecule has 8 heteroatoms. The molecule has 1 heterocycles. The molecule has 3 N–H and O–H groups in total. The Hall–Kier alpha value is -1.15. The van der Waals surface area contributed by atoms with Crippen molar-refractivity contribution in [2.45, 2.75) is 30.7 Å². The minimum absolute atomic E-state index is 0. The number of nitrogens with two attached hydrogens (primary N) is 1. The molecule has 130 valence electrons. The molecule has 0 saturated carbocycles. The quantitative estimate of drug-likeness (QED) is 0.789. The van der Waals surface area contributed by atoms with Gasteiger partial charge in [-0.15, -0.1) is 12.4 Å². The van der Waals surface area contributed by atoms with Crippen LogP contribution in [0.3, 0.4) is 0 Å². The highest BCUT2D eigenvalue weighted by Crippen LogP contribution is 2.26. The van der Waals surface area contributed by atoms with Gasteiger partial charge in [-0.1, -0.05) is 25.1 Å². The third-order valence-corrected chi connectivity index (χ3v) is 5.81. The van der Waals surface area contributed by atoms with Crippen LogP contribution in [0.1, 0.15) is 19.8 Å². The summed E-state index contributed by atoms with van der Waals surface area (Å²) < 4.78 is 26.6. The first-order valence-electron chi connectivity index (χ1n) is 7.51. The Morgan fingerprint density at radius 1 is 1.39 bits per heavy atom. The molecule has 1 aliphatic heterocycles. The fourth-order valence-corrected chi connectivity index (χ4v) is 4.17. The lowest BCUT2D eigenvalue weighted by Gasteiger charge is -2.24. The number of nitrogens with zero attached hydrogens (tertiary/aromatic N) is 1. The van der Waals surface area contributed by atoms with E-state index in [1.807, 2.05) is 6.92 Å². The van der Waals surface area contributed by atoms with Gasteiger partial charge in [0.15, 0.2) is 0 Å². The largest absolute Gasteiger partial charge is 0.354 e. The van der Waals surface area contributed by atoms with Crippen LogP contribution < -0.4 is 11.1 Å². The predicted octanol–water partition coefficient (Wildman–Crippen LogP) is 0.972. The number of benzene rings is 1. The molecule has 0 aromatic heterocycles. The van der Waals surface area contributed by atoms with Crippen LogP contribution in [-0.4, -0.2) is 44.3 Å². The molecule has 1 fully saturated rings. The summed E-state index contributed by atoms with van der Waals surface area (Å²) in [4.78, 5) is 12.5. The molecule has 1 aromatic carbocycles. The minimum Gasteiger partial charge on any atom is -0.354 e. The highest BCUT2D eigenvalue weighted by atomic mass is 35.5. The Morgan fingerprint density at radius 3 is 2.65 bits per heavy atom. The van der Waals surface area contributed by atoms with E-state index in [9.17, 15) is 13.2 Å². The first-order chi connectivity index (χ1) is 10.5. The van der Waals surface area contributed by atoms with Crippen LogP contribution in [0, 0.1) is 5.92 Å². The van der Waals surface area contributed by atoms with Crippen molar-refractivity contribution in [2.75, 3.05) is 19.6 Å². The van der Waals surface area contributed by atoms with Gasteiger partial charge in [0.25, 0.3) is 0 Å². The van der Waals surface area contributed by atoms with Crippen molar-refractivity contribution in [2.24, 2.45) is 11.7 Å². The zero-order valence-corrected chi connectivity index (χ0v) is 14.8. The molecule has 1 saturated heterocycles. The highest BCUT2D eigenvalue weighted by molar-refractivity contribution is 7.89. The van der Waals surface area contributed by atoms with Crippen LogP contribution in [0.2, 0.25) is 0 Å². The van der Waals surface area contributed by atoms with Gasteiger partial charge in [-0.3, -0.25) is 4.79 Å². The van der Waals surface area contributed by atoms with Crippen LogP contribution in [0.25, 0.3) is 0 Å². The minimum atomic E-state index is -3.63. The van der Waals surface area contributed by atoms with Gasteiger partial charge in [0.1, 0.15) is 6.04 Å². The van der Waals surface area contributed by atoms with Crippen LogP contribution in [0.5, 0.6) is 0 Å². The zero-order valence-electron chi connectivity index (χ0n) is 13.1. The second-order valence-electron chi connectivity index (χ2n) is 5.67. The Labute approximate surface area is 143 Å². The van der Waals surface area contributed by atoms with E-state index in [1.54, 1.807) is 30.3 Å². The molecule has 23 heavy (non-hydrogen) atoms. The average molecular weight is 362 g/mol. The van der Waals surface area contributed by atoms with E-state index in [4.69, 9.17) is 5.73 Å². The SMILES string of the molecule is CC(CN)CNC(=O)C1CCCN1S(=O)(=O)c1ccccc1.Cl. The van der Waals surface area contributed by atoms with Gasteiger partial charge in [-0.25, -0.2) is 8.42 Å². The summed E-state index contributed by atoms with van der Waals surface area (Å²) in [6.07, 6.45) is 1.24. The lowest BCUT2D eigenvalue weighted by molar-refractivity contribution is -0.124. The monoisotopic (exact) mass is 361 g/mol. The number of carbonyl (C=O) groups is 1. The topological polar surface area (TPSA) is 92.5 Å². The highest BCUT2D eigenvalue weighted by Gasteiger charge is 2.39. The predicted molar refractivity (Wildman–Crippen MR) is 91.8 cm³/mol. The molecule has 0 radical (unpaired) electrons. The van der Waals surface area contributed by atoms with E-state index in [0.29, 0.717) is 32.5 Å². The number of carbonyl (C=O) groups excluding carboxylic acids is 1. The third-order valence-electron chi connectivity index (χ3n) is 3.88. The summed E-state index contributed by atoms with van der Waals surface area (Å²) in [6, 6.07) is 7.61. The normalized spacial score (nSPS) is 19.8. The van der Waals surface area contributed by atoms with Crippen LogP contribution in [0.15, 0.2) is 35.2 Å². The fraction of sp³-hybridized carbons (Fsp3) is 0.533. The van der Waals surface area contributed by atoms with Gasteiger partial charge in [0.2, 0.25) is 15.9 Å². The summed E-state index contributed by atoms with van der Waals surface area (Å²) in [6.45, 7) is 3.26. The Morgan fingerprint density at radius 2 is 2.04 bits per heavy atom. The lowest BCUT2D eigenvalue weighted by atomic mass is 10.1. The van der Waals surface area contributed by atoms with Gasteiger partial charge >= 0.3 is 0 Å². The van der Waals surface area contributed by atoms with Crippen LogP contribution in [-0.2, 0) is 14.8 Å². The Bertz CT molecular complexity index is 610. The average Bonchev–Trinajstić information content (AvgIpc) is 3.03. The number of rotatable bonds is 6. The van der Waals surface area contributed by atoms with Crippen molar-refractivity contribution in [1.29, 1.82) is 0 Å². The molecular formula is C15H24ClN3O3S. The van der Waals surface area contributed by atoms with Crippen molar-refractivity contribution in [3.8, 4) is 0 Å². The van der Waals surface area contributed by atoms with E-state index in [2.05, 4.69) is 5.32 Å². The Kier molecular flexibility index (Phi) is 7.47. The molecule has 0 spiro atoms. The summed E-state index contributed by atoms with van der Waals surface area (Å²) in [5.41, 5.74) is 5.53. The molecule has 0 bridgehead atoms. The number of nitrogens with one attached hydrogen (secondary N) is 1. The molecule has 2 atom stereocenters. The van der Waals surface area contributed by atoms with Crippen LogP contribution in [0.4, 0.5) is 0 Å². The number of halogens is 1. The number of hydrogen-bond donors (Lipinski definition) is 2. The fourth-order valence-electron chi connectivity index (χ4n) is 2.49. The second kappa shape index (κ2) is 8.63. The first kappa shape index (κ1) is 19.9. The molecule has 1 aliphatic rings. The molecular weight excluding hydrogens is 338 g/mol. The molecule has 6 nitrogen and oxygen atoms in total. The molecule has 1 amide bonds. The van der Waals surface area contributed by atoms with E-state index < -0.39 is 16.1 Å². The number of amides is 1. The maximum Gasteiger partial charge on any atom is 0.243 e. The summed E-state index contributed by atoms with van der Waals surface area (Å²) >= 11 is 0. The van der Waals surface area contributed by atoms with Crippen molar-refractivity contribution in [3.05, 3.63) is 30.3 Å². The van der Waals surface area contributed by atoms with Crippen molar-refractivity contribution in [3.63, 3.8) is 0 Å². The van der Waals surface area contributed by atoms with Gasteiger partial charge in [-0.2, -0.15) is 4.31 Å². The number of hydrogen-bond acceptors (Lipinski definition) is 4. The molecule has 2 unspecified atom stereocenters. The molecule has 0 aliphatic carbocycles. The standard InChI is InChI=1S/C15H23N3O3S.ClH/c1-12(10-16)11-17-15(19)14-8-5-9-18(14)22(20,21)13-6-3-2-4-7-13;/h2-4,6-7,12,14H,5,8-11,16H2,1H3,(H,17,19);1H. The summed E-state index contributed by atoms with van der Waals surface area (Å²) in [5.74, 6) is -0.0677. The van der Waals surface area contributed by atoms with E-state index >= 15 is 0 Å². The van der Waals surface area contributed by atoms with E-state index in [1.165, 1.54) is 4.31 Å². The van der Waals surface area contributed by atoms with Gasteiger partial charge in [-0.05, 0) is 37.4 Å². The van der Waals surface area contributed by atoms with E-state index in [-0.39, 0.29) is 29.1 Å². The smallest absolute Gasteiger partial charge is 0.243 e. The lowest BCUT2D eigenvalue weighted by Crippen LogP contribution is -2.47. The second-order valence-corrected chi connectivity index (χ2v) is 7.56. The maximum atomic E-state index is 12.7. The van der Waals surface area contributed by atoms with Gasteiger partial charge < -0.3 is 11.1 Å². The third kappa shape index (κ3) is 4.67. The maximum absolute atomic E-state index is 12.7. The molecule has 1 aromatic rings. The van der Waals surface area contributed by atoms with Crippen molar-refractivity contribution >= 4 is 28.3 Å². The number of sulfonamides is 1. The Balaban J connectivity index is 0.00000264. The van der Waals surface area contributed by atoms with Crippen molar-refractivity contribution < 1.29 is 13.2 Å². The molecule has 2 rings (SSSR count). The summed E-state index contributed by atoms with van der Waals surface area (Å²) in [5, 5.41) is 2.80. The van der Waals surface area contributed by atoms with Crippen molar-refractivity contribution in [1.82, 2.24) is 9.62 Å². The van der Waals surface area contributed by atoms with E-state index in [0.717, 1.165) is 0 Å². The van der Waals surface area contributed by atoms with Gasteiger partial charge in [0.05, 0.1) is 4.90 Å². The first-order valence-corrected chi connectivity index (χ1v) is 8.95. The summed E-state index contributed by atoms with van der Waals surface area (Å²) in [7, 11) is -3.63. The zero-order chi connectivity index (χ0) is 16.2. The van der Waals surface area contributed by atoms with Gasteiger partial charge in [0, 0.05) is 13.1 Å².